The van der Waals surface area contributed by atoms with Crippen LogP contribution in [0.4, 0.5) is 11.8 Å². The molecule has 0 radical (unpaired) electrons. The van der Waals surface area contributed by atoms with Crippen molar-refractivity contribution in [3.05, 3.63) is 72.4 Å². The van der Waals surface area contributed by atoms with Crippen molar-refractivity contribution in [1.29, 1.82) is 0 Å². The molecule has 2 N–H and O–H groups in total. The Morgan fingerprint density at radius 3 is 2.53 bits per heavy atom. The van der Waals surface area contributed by atoms with Gasteiger partial charge in [-0.3, -0.25) is 5.32 Å². The lowest BCUT2D eigenvalue weighted by Gasteiger charge is -2.32. The van der Waals surface area contributed by atoms with Crippen molar-refractivity contribution in [2.75, 3.05) is 30.2 Å². The molecule has 1 saturated heterocycles. The third-order valence-corrected chi connectivity index (χ3v) is 5.60. The lowest BCUT2D eigenvalue weighted by atomic mass is 10.0. The number of nitrogens with zero attached hydrogens (tertiary/aromatic N) is 3. The van der Waals surface area contributed by atoms with Crippen LogP contribution >= 0.6 is 0 Å². The molecular formula is C25H31N5O2. The average molecular weight is 434 g/mol. The molecule has 0 spiro atoms. The van der Waals surface area contributed by atoms with E-state index in [0.29, 0.717) is 31.4 Å². The van der Waals surface area contributed by atoms with Gasteiger partial charge in [0.1, 0.15) is 24.0 Å². The van der Waals surface area contributed by atoms with Crippen molar-refractivity contribution in [3.8, 4) is 11.5 Å². The van der Waals surface area contributed by atoms with Crippen LogP contribution in [0.5, 0.6) is 11.5 Å². The molecule has 4 rings (SSSR count). The first-order chi connectivity index (χ1) is 15.6. The molecule has 0 saturated carbocycles. The molecule has 2 heterocycles. The third-order valence-electron chi connectivity index (χ3n) is 5.60. The minimum atomic E-state index is 0.0407. The van der Waals surface area contributed by atoms with Crippen LogP contribution in [0.1, 0.15) is 32.4 Å². The van der Waals surface area contributed by atoms with Crippen molar-refractivity contribution in [1.82, 2.24) is 15.3 Å². The van der Waals surface area contributed by atoms with Crippen molar-refractivity contribution >= 4 is 11.8 Å². The average Bonchev–Trinajstić information content (AvgIpc) is 3.07. The molecule has 1 aliphatic heterocycles. The van der Waals surface area contributed by atoms with Gasteiger partial charge in [-0.15, -0.1) is 0 Å². The first-order valence-corrected chi connectivity index (χ1v) is 11.1. The number of ether oxygens (including phenoxy) is 2. The summed E-state index contributed by atoms with van der Waals surface area (Å²) in [5, 5.41) is 6.75. The van der Waals surface area contributed by atoms with Gasteiger partial charge in [-0.25, -0.2) is 4.98 Å². The molecule has 7 heteroatoms. The molecule has 1 fully saturated rings. The van der Waals surface area contributed by atoms with Gasteiger partial charge in [-0.2, -0.15) is 4.98 Å². The van der Waals surface area contributed by atoms with Crippen molar-refractivity contribution < 1.29 is 9.47 Å². The summed E-state index contributed by atoms with van der Waals surface area (Å²) in [6.07, 6.45) is 1.80. The van der Waals surface area contributed by atoms with Crippen LogP contribution in [0.3, 0.4) is 0 Å². The van der Waals surface area contributed by atoms with E-state index in [1.807, 2.05) is 48.5 Å². The maximum atomic E-state index is 5.89. The molecule has 2 aromatic carbocycles. The van der Waals surface area contributed by atoms with Gasteiger partial charge < -0.3 is 19.7 Å². The predicted molar refractivity (Wildman–Crippen MR) is 127 cm³/mol. The number of aromatic nitrogens is 2. The highest BCUT2D eigenvalue weighted by Crippen LogP contribution is 2.25. The van der Waals surface area contributed by atoms with E-state index in [4.69, 9.17) is 14.5 Å². The molecule has 2 atom stereocenters. The summed E-state index contributed by atoms with van der Waals surface area (Å²) >= 11 is 0. The standard InChI is InChI=1S/C25H31N5O2/c1-18(2)23-15-26-16-31-17-30(23)24-13-14-27-25(29-24)28-19(3)20-9-11-22(12-10-20)32-21-7-5-4-6-8-21/h4-14,18-19,23,26H,15-17H2,1-3H3,(H,27,28,29)/t19?,23-/m1/s1. The zero-order chi connectivity index (χ0) is 22.3. The second kappa shape index (κ2) is 10.4. The lowest BCUT2D eigenvalue weighted by molar-refractivity contribution is 0.131. The van der Waals surface area contributed by atoms with Crippen LogP contribution in [0.2, 0.25) is 0 Å². The van der Waals surface area contributed by atoms with Crippen LogP contribution < -0.4 is 20.3 Å². The number of hydrogen-bond donors (Lipinski definition) is 2. The second-order valence-corrected chi connectivity index (χ2v) is 8.30. The maximum absolute atomic E-state index is 5.89. The first-order valence-electron chi connectivity index (χ1n) is 11.1. The number of rotatable bonds is 7. The Morgan fingerprint density at radius 2 is 1.78 bits per heavy atom. The first kappa shape index (κ1) is 22.0. The summed E-state index contributed by atoms with van der Waals surface area (Å²) in [5.74, 6) is 3.55. The minimum Gasteiger partial charge on any atom is -0.457 e. The van der Waals surface area contributed by atoms with E-state index in [0.717, 1.165) is 29.4 Å². The van der Waals surface area contributed by atoms with Crippen LogP contribution in [-0.2, 0) is 4.74 Å². The van der Waals surface area contributed by atoms with Gasteiger partial charge in [0.2, 0.25) is 5.95 Å². The molecule has 32 heavy (non-hydrogen) atoms. The molecular weight excluding hydrogens is 402 g/mol. The monoisotopic (exact) mass is 433 g/mol. The van der Waals surface area contributed by atoms with Crippen LogP contribution in [-0.4, -0.2) is 36.0 Å². The zero-order valence-corrected chi connectivity index (χ0v) is 18.9. The van der Waals surface area contributed by atoms with Gasteiger partial charge in [-0.05, 0) is 48.7 Å². The SMILES string of the molecule is CC(Nc1nccc(N2COCNC[C@@H]2C(C)C)n1)c1ccc(Oc2ccccc2)cc1. The topological polar surface area (TPSA) is 71.5 Å². The molecule has 168 valence electrons. The van der Waals surface area contributed by atoms with E-state index in [9.17, 15) is 0 Å². The molecule has 7 nitrogen and oxygen atoms in total. The highest BCUT2D eigenvalue weighted by molar-refractivity contribution is 5.45. The largest absolute Gasteiger partial charge is 0.457 e. The molecule has 3 aromatic rings. The third kappa shape index (κ3) is 5.55. The fourth-order valence-corrected chi connectivity index (χ4v) is 3.77. The number of benzene rings is 2. The Bertz CT molecular complexity index is 981. The van der Waals surface area contributed by atoms with Crippen LogP contribution in [0.25, 0.3) is 0 Å². The van der Waals surface area contributed by atoms with Crippen molar-refractivity contribution in [2.24, 2.45) is 5.92 Å². The van der Waals surface area contributed by atoms with E-state index in [2.05, 4.69) is 53.4 Å². The Balaban J connectivity index is 1.43. The normalized spacial score (nSPS) is 17.6. The number of anilines is 2. The summed E-state index contributed by atoms with van der Waals surface area (Å²) < 4.78 is 11.6. The van der Waals surface area contributed by atoms with Crippen molar-refractivity contribution in [3.63, 3.8) is 0 Å². The summed E-state index contributed by atoms with van der Waals surface area (Å²) in [7, 11) is 0. The fraction of sp³-hybridized carbons (Fsp3) is 0.360. The maximum Gasteiger partial charge on any atom is 0.225 e. The smallest absolute Gasteiger partial charge is 0.225 e. The number of hydrogen-bond acceptors (Lipinski definition) is 7. The Kier molecular flexibility index (Phi) is 7.19. The molecule has 1 unspecified atom stereocenters. The minimum absolute atomic E-state index is 0.0407. The van der Waals surface area contributed by atoms with E-state index in [-0.39, 0.29) is 6.04 Å². The second-order valence-electron chi connectivity index (χ2n) is 8.30. The van der Waals surface area contributed by atoms with E-state index >= 15 is 0 Å². The van der Waals surface area contributed by atoms with E-state index in [1.165, 1.54) is 0 Å². The Morgan fingerprint density at radius 1 is 1.03 bits per heavy atom. The summed E-state index contributed by atoms with van der Waals surface area (Å²) in [4.78, 5) is 11.4. The number of nitrogens with one attached hydrogen (secondary N) is 2. The molecule has 1 aliphatic rings. The van der Waals surface area contributed by atoms with Gasteiger partial charge in [0.05, 0.1) is 12.8 Å². The molecule has 1 aromatic heterocycles. The van der Waals surface area contributed by atoms with Gasteiger partial charge in [0, 0.05) is 18.8 Å². The van der Waals surface area contributed by atoms with Gasteiger partial charge in [0.15, 0.2) is 0 Å². The van der Waals surface area contributed by atoms with E-state index in [1.54, 1.807) is 6.20 Å². The fourth-order valence-electron chi connectivity index (χ4n) is 3.77. The highest BCUT2D eigenvalue weighted by atomic mass is 16.5. The van der Waals surface area contributed by atoms with Crippen LogP contribution in [0.15, 0.2) is 66.9 Å². The van der Waals surface area contributed by atoms with Gasteiger partial charge >= 0.3 is 0 Å². The van der Waals surface area contributed by atoms with E-state index < -0.39 is 0 Å². The highest BCUT2D eigenvalue weighted by Gasteiger charge is 2.25. The molecule has 0 aliphatic carbocycles. The van der Waals surface area contributed by atoms with Gasteiger partial charge in [-0.1, -0.05) is 44.2 Å². The summed E-state index contributed by atoms with van der Waals surface area (Å²) in [6.45, 7) is 8.45. The number of para-hydroxylation sites is 1. The Labute approximate surface area is 189 Å². The van der Waals surface area contributed by atoms with Gasteiger partial charge in [0.25, 0.3) is 0 Å². The van der Waals surface area contributed by atoms with Crippen molar-refractivity contribution in [2.45, 2.75) is 32.9 Å². The molecule has 0 bridgehead atoms. The zero-order valence-electron chi connectivity index (χ0n) is 18.9. The summed E-state index contributed by atoms with van der Waals surface area (Å²) in [6, 6.07) is 20.1. The van der Waals surface area contributed by atoms with Crippen LogP contribution in [0, 0.1) is 5.92 Å². The quantitative estimate of drug-likeness (QED) is 0.554. The molecule has 0 amide bonds. The Hall–Kier alpha value is -3.16. The lowest BCUT2D eigenvalue weighted by Crippen LogP contribution is -2.44. The predicted octanol–water partition coefficient (Wildman–Crippen LogP) is 4.81. The summed E-state index contributed by atoms with van der Waals surface area (Å²) in [5.41, 5.74) is 1.13.